The Morgan fingerprint density at radius 3 is 2.72 bits per heavy atom. The molecule has 1 atom stereocenters. The summed E-state index contributed by atoms with van der Waals surface area (Å²) < 4.78 is 0. The predicted octanol–water partition coefficient (Wildman–Crippen LogP) is 4.94. The molecular formula is C22H20Cl2N4O. The summed E-state index contributed by atoms with van der Waals surface area (Å²) >= 11 is 12.2. The topological polar surface area (TPSA) is 73.6 Å². The zero-order chi connectivity index (χ0) is 20.4. The molecule has 4 rings (SSSR count). The van der Waals surface area contributed by atoms with Crippen molar-refractivity contribution >= 4 is 34.1 Å². The number of nitrogens with one attached hydrogen (secondary N) is 3. The van der Waals surface area contributed by atoms with Crippen LogP contribution in [0.1, 0.15) is 28.7 Å². The molecule has 0 aliphatic carbocycles. The highest BCUT2D eigenvalue weighted by Gasteiger charge is 2.17. The molecule has 0 fully saturated rings. The molecule has 2 aromatic heterocycles. The highest BCUT2D eigenvalue weighted by Crippen LogP contribution is 2.25. The van der Waals surface area contributed by atoms with Gasteiger partial charge < -0.3 is 15.3 Å². The monoisotopic (exact) mass is 426 g/mol. The number of hydrogen-bond acceptors (Lipinski definition) is 3. The fourth-order valence-corrected chi connectivity index (χ4v) is 3.79. The first-order valence-electron chi connectivity index (χ1n) is 9.30. The Hall–Kier alpha value is -2.60. The maximum atomic E-state index is 12.0. The minimum absolute atomic E-state index is 0.148. The summed E-state index contributed by atoms with van der Waals surface area (Å²) in [7, 11) is 0. The molecule has 2 heterocycles. The van der Waals surface area contributed by atoms with E-state index in [2.05, 4.69) is 26.3 Å². The van der Waals surface area contributed by atoms with Crippen LogP contribution in [0.4, 0.5) is 0 Å². The molecule has 0 aliphatic heterocycles. The molecule has 0 amide bonds. The number of aromatic nitrogens is 3. The summed E-state index contributed by atoms with van der Waals surface area (Å²) in [5.74, 6) is 0.591. The van der Waals surface area contributed by atoms with E-state index in [1.54, 1.807) is 19.1 Å². The predicted molar refractivity (Wildman–Crippen MR) is 118 cm³/mol. The van der Waals surface area contributed by atoms with Crippen molar-refractivity contribution in [2.45, 2.75) is 25.9 Å². The highest BCUT2D eigenvalue weighted by atomic mass is 35.5. The summed E-state index contributed by atoms with van der Waals surface area (Å²) in [4.78, 5) is 22.6. The van der Waals surface area contributed by atoms with Gasteiger partial charge >= 0.3 is 0 Å². The van der Waals surface area contributed by atoms with E-state index >= 15 is 0 Å². The lowest BCUT2D eigenvalue weighted by Gasteiger charge is -2.19. The summed E-state index contributed by atoms with van der Waals surface area (Å²) in [5.41, 5.74) is 3.79. The van der Waals surface area contributed by atoms with E-state index in [1.807, 2.05) is 36.5 Å². The number of H-pyrrole nitrogens is 2. The van der Waals surface area contributed by atoms with Crippen molar-refractivity contribution in [2.24, 2.45) is 0 Å². The Morgan fingerprint density at radius 2 is 1.93 bits per heavy atom. The van der Waals surface area contributed by atoms with Crippen molar-refractivity contribution in [2.75, 3.05) is 0 Å². The molecule has 148 valence electrons. The Bertz CT molecular complexity index is 1210. The van der Waals surface area contributed by atoms with Gasteiger partial charge in [0.05, 0.1) is 21.8 Å². The number of aromatic amines is 2. The largest absolute Gasteiger partial charge is 0.361 e. The Morgan fingerprint density at radius 1 is 1.10 bits per heavy atom. The molecule has 3 N–H and O–H groups in total. The van der Waals surface area contributed by atoms with Gasteiger partial charge in [-0.15, -0.1) is 0 Å². The second kappa shape index (κ2) is 8.41. The lowest BCUT2D eigenvalue weighted by Crippen LogP contribution is -2.26. The normalized spacial score (nSPS) is 12.4. The number of fused-ring (bicyclic) bond motifs is 1. The van der Waals surface area contributed by atoms with Crippen LogP contribution in [0.15, 0.2) is 59.5 Å². The molecule has 0 aliphatic rings. The van der Waals surface area contributed by atoms with Crippen LogP contribution in [-0.4, -0.2) is 15.0 Å². The number of rotatable bonds is 6. The van der Waals surface area contributed by atoms with Crippen LogP contribution < -0.4 is 10.9 Å². The Labute approximate surface area is 178 Å². The van der Waals surface area contributed by atoms with Gasteiger partial charge in [0.15, 0.2) is 0 Å². The fraction of sp³-hybridized carbons (Fsp3) is 0.182. The van der Waals surface area contributed by atoms with Gasteiger partial charge in [-0.05, 0) is 42.7 Å². The second-order valence-corrected chi connectivity index (χ2v) is 7.82. The van der Waals surface area contributed by atoms with E-state index in [4.69, 9.17) is 23.2 Å². The third kappa shape index (κ3) is 4.53. The van der Waals surface area contributed by atoms with Crippen molar-refractivity contribution in [1.29, 1.82) is 0 Å². The minimum Gasteiger partial charge on any atom is -0.361 e. The number of halogens is 2. The highest BCUT2D eigenvalue weighted by molar-refractivity contribution is 6.42. The SMILES string of the molecule is Cc1nc(C(Cc2c[nH]c3ccccc23)NCc2ccc(Cl)c(Cl)c2)cc(=O)[nH]1. The molecule has 0 radical (unpaired) electrons. The third-order valence-electron chi connectivity index (χ3n) is 4.87. The average Bonchev–Trinajstić information content (AvgIpc) is 3.10. The van der Waals surface area contributed by atoms with Crippen molar-refractivity contribution in [1.82, 2.24) is 20.3 Å². The van der Waals surface area contributed by atoms with E-state index in [0.717, 1.165) is 22.0 Å². The third-order valence-corrected chi connectivity index (χ3v) is 5.61. The van der Waals surface area contributed by atoms with Gasteiger partial charge in [0.1, 0.15) is 5.82 Å². The first-order chi connectivity index (χ1) is 14.0. The van der Waals surface area contributed by atoms with Gasteiger partial charge in [-0.25, -0.2) is 4.98 Å². The quantitative estimate of drug-likeness (QED) is 0.408. The van der Waals surface area contributed by atoms with E-state index in [-0.39, 0.29) is 11.6 Å². The molecule has 4 aromatic rings. The first kappa shape index (κ1) is 19.7. The van der Waals surface area contributed by atoms with Crippen LogP contribution in [0.3, 0.4) is 0 Å². The summed E-state index contributed by atoms with van der Waals surface area (Å²) in [5, 5.41) is 5.73. The van der Waals surface area contributed by atoms with E-state index in [0.29, 0.717) is 34.5 Å². The summed E-state index contributed by atoms with van der Waals surface area (Å²) in [6.07, 6.45) is 2.69. The van der Waals surface area contributed by atoms with Gasteiger partial charge in [0, 0.05) is 29.7 Å². The van der Waals surface area contributed by atoms with Crippen LogP contribution in [0, 0.1) is 6.92 Å². The number of hydrogen-bond donors (Lipinski definition) is 3. The Balaban J connectivity index is 1.64. The van der Waals surface area contributed by atoms with Crippen molar-refractivity contribution in [3.63, 3.8) is 0 Å². The minimum atomic E-state index is -0.159. The van der Waals surface area contributed by atoms with Crippen molar-refractivity contribution in [3.05, 3.63) is 97.8 Å². The molecule has 7 heteroatoms. The smallest absolute Gasteiger partial charge is 0.251 e. The number of para-hydroxylation sites is 1. The van der Waals surface area contributed by atoms with E-state index in [9.17, 15) is 4.79 Å². The lowest BCUT2D eigenvalue weighted by atomic mass is 10.0. The number of benzene rings is 2. The first-order valence-corrected chi connectivity index (χ1v) is 10.1. The molecule has 0 saturated heterocycles. The summed E-state index contributed by atoms with van der Waals surface area (Å²) in [6.45, 7) is 2.35. The Kier molecular flexibility index (Phi) is 5.72. The van der Waals surface area contributed by atoms with Crippen LogP contribution in [0.2, 0.25) is 10.0 Å². The molecule has 1 unspecified atom stereocenters. The van der Waals surface area contributed by atoms with Gasteiger partial charge in [0.25, 0.3) is 5.56 Å². The molecule has 0 saturated carbocycles. The van der Waals surface area contributed by atoms with Crippen molar-refractivity contribution in [3.8, 4) is 0 Å². The zero-order valence-corrected chi connectivity index (χ0v) is 17.3. The van der Waals surface area contributed by atoms with Gasteiger partial charge in [-0.3, -0.25) is 4.79 Å². The zero-order valence-electron chi connectivity index (χ0n) is 15.8. The fourth-order valence-electron chi connectivity index (χ4n) is 3.47. The van der Waals surface area contributed by atoms with Gasteiger partial charge in [-0.2, -0.15) is 0 Å². The molecule has 29 heavy (non-hydrogen) atoms. The number of nitrogens with zero attached hydrogens (tertiary/aromatic N) is 1. The molecule has 5 nitrogen and oxygen atoms in total. The maximum absolute atomic E-state index is 12.0. The van der Waals surface area contributed by atoms with Crippen LogP contribution >= 0.6 is 23.2 Å². The molecule has 0 spiro atoms. The number of aryl methyl sites for hydroxylation is 1. The van der Waals surface area contributed by atoms with Crippen molar-refractivity contribution < 1.29 is 0 Å². The molecule has 2 aromatic carbocycles. The van der Waals surface area contributed by atoms with Gasteiger partial charge in [0.2, 0.25) is 0 Å². The maximum Gasteiger partial charge on any atom is 0.251 e. The molecule has 0 bridgehead atoms. The van der Waals surface area contributed by atoms with E-state index in [1.165, 1.54) is 0 Å². The average molecular weight is 427 g/mol. The summed E-state index contributed by atoms with van der Waals surface area (Å²) in [6, 6.07) is 15.1. The standard InChI is InChI=1S/C22H20Cl2N4O/c1-13-27-21(10-22(29)28-13)20(25-11-14-6-7-17(23)18(24)8-14)9-15-12-26-19-5-3-2-4-16(15)19/h2-8,10,12,20,25-26H,9,11H2,1H3,(H,27,28,29). The van der Waals surface area contributed by atoms with Crippen LogP contribution in [0.25, 0.3) is 10.9 Å². The molecular weight excluding hydrogens is 407 g/mol. The lowest BCUT2D eigenvalue weighted by molar-refractivity contribution is 0.516. The van der Waals surface area contributed by atoms with Gasteiger partial charge in [-0.1, -0.05) is 47.5 Å². The van der Waals surface area contributed by atoms with E-state index < -0.39 is 0 Å². The van der Waals surface area contributed by atoms with Crippen LogP contribution in [0.5, 0.6) is 0 Å². The van der Waals surface area contributed by atoms with Crippen LogP contribution in [-0.2, 0) is 13.0 Å². The second-order valence-electron chi connectivity index (χ2n) is 7.00.